The molecule has 0 saturated carbocycles. The Morgan fingerprint density at radius 1 is 0.531 bits per heavy atom. The lowest BCUT2D eigenvalue weighted by Crippen LogP contribution is -2.57. The van der Waals surface area contributed by atoms with E-state index in [1.165, 1.54) is 11.4 Å². The largest absolute Gasteiger partial charge is 0.458 e. The summed E-state index contributed by atoms with van der Waals surface area (Å²) in [5.74, 6) is 5.60. The first-order valence-electron chi connectivity index (χ1n) is 17.2. The van der Waals surface area contributed by atoms with Crippen molar-refractivity contribution in [1.29, 1.82) is 0 Å². The van der Waals surface area contributed by atoms with Gasteiger partial charge in [0.25, 0.3) is 6.71 Å². The Morgan fingerprint density at radius 2 is 0.939 bits per heavy atom. The predicted molar refractivity (Wildman–Crippen MR) is 204 cm³/mol. The van der Waals surface area contributed by atoms with Crippen LogP contribution < -0.4 is 35.7 Å². The molecule has 0 spiro atoms. The first-order chi connectivity index (χ1) is 23.5. The fourth-order valence-electron chi connectivity index (χ4n) is 8.08. The molecule has 49 heavy (non-hydrogen) atoms. The molecule has 9 rings (SSSR count). The number of aliphatic imine (C=N–C) groups is 2. The lowest BCUT2D eigenvalue weighted by molar-refractivity contribution is 0.464. The van der Waals surface area contributed by atoms with E-state index in [2.05, 4.69) is 148 Å². The van der Waals surface area contributed by atoms with E-state index in [9.17, 15) is 0 Å². The minimum absolute atomic E-state index is 0.0214. The molecule has 0 unspecified atom stereocenters. The van der Waals surface area contributed by atoms with Crippen molar-refractivity contribution in [3.8, 4) is 45.3 Å². The molecule has 0 bridgehead atoms. The number of rotatable bonds is 4. The molecular weight excluding hydrogens is 603 g/mol. The third kappa shape index (κ3) is 5.02. The van der Waals surface area contributed by atoms with Gasteiger partial charge in [-0.25, -0.2) is 0 Å². The van der Waals surface area contributed by atoms with Crippen molar-refractivity contribution in [2.24, 2.45) is 9.98 Å². The zero-order chi connectivity index (χ0) is 33.7. The molecule has 0 aliphatic carbocycles. The van der Waals surface area contributed by atoms with Gasteiger partial charge in [-0.1, -0.05) is 54.6 Å². The second kappa shape index (κ2) is 10.6. The van der Waals surface area contributed by atoms with Gasteiger partial charge in [0.1, 0.15) is 34.7 Å². The van der Waals surface area contributed by atoms with Gasteiger partial charge in [-0.05, 0) is 123 Å². The maximum atomic E-state index is 6.59. The SMILES string of the molecule is CC1=NC(C)(C)CN1c1ccc(-c2ccc3c(c2)Oc2cccc4c2B3c2ccc(-c3ccc(N5CC(C)(C)N=C5C)cc3)cc2O4)cc1. The summed E-state index contributed by atoms with van der Waals surface area (Å²) in [4.78, 5) is 14.2. The average Bonchev–Trinajstić information content (AvgIpc) is 3.54. The van der Waals surface area contributed by atoms with Crippen LogP contribution >= 0.6 is 0 Å². The molecule has 5 aromatic carbocycles. The number of anilines is 2. The number of hydrogen-bond acceptors (Lipinski definition) is 6. The quantitative estimate of drug-likeness (QED) is 0.184. The Bertz CT molecular complexity index is 2070. The van der Waals surface area contributed by atoms with Crippen molar-refractivity contribution in [1.82, 2.24) is 0 Å². The fraction of sp³-hybridized carbons (Fsp3) is 0.238. The molecule has 0 N–H and O–H groups in total. The topological polar surface area (TPSA) is 49.7 Å². The fourth-order valence-corrected chi connectivity index (χ4v) is 8.08. The normalized spacial score (nSPS) is 17.8. The Balaban J connectivity index is 1.03. The molecule has 4 aliphatic rings. The summed E-state index contributed by atoms with van der Waals surface area (Å²) in [6.07, 6.45) is 0. The van der Waals surface area contributed by atoms with Crippen LogP contribution in [0.25, 0.3) is 22.3 Å². The molecule has 242 valence electrons. The van der Waals surface area contributed by atoms with E-state index >= 15 is 0 Å². The molecular formula is C42H39BN4O2. The van der Waals surface area contributed by atoms with Gasteiger partial charge in [-0.15, -0.1) is 0 Å². The first kappa shape index (κ1) is 29.8. The van der Waals surface area contributed by atoms with Crippen molar-refractivity contribution in [3.63, 3.8) is 0 Å². The van der Waals surface area contributed by atoms with Gasteiger partial charge in [0.05, 0.1) is 11.1 Å². The van der Waals surface area contributed by atoms with Gasteiger partial charge in [0, 0.05) is 29.9 Å². The van der Waals surface area contributed by atoms with Crippen LogP contribution in [-0.4, -0.2) is 42.6 Å². The van der Waals surface area contributed by atoms with E-state index in [0.717, 1.165) is 86.4 Å². The number of amidine groups is 2. The van der Waals surface area contributed by atoms with Gasteiger partial charge in [0.2, 0.25) is 0 Å². The van der Waals surface area contributed by atoms with Crippen LogP contribution in [0.3, 0.4) is 0 Å². The summed E-state index contributed by atoms with van der Waals surface area (Å²) < 4.78 is 13.2. The third-order valence-electron chi connectivity index (χ3n) is 10.2. The maximum absolute atomic E-state index is 6.59. The number of fused-ring (bicyclic) bond motifs is 4. The maximum Gasteiger partial charge on any atom is 0.260 e. The minimum Gasteiger partial charge on any atom is -0.458 e. The van der Waals surface area contributed by atoms with Crippen LogP contribution in [0.15, 0.2) is 113 Å². The monoisotopic (exact) mass is 642 g/mol. The molecule has 0 radical (unpaired) electrons. The molecule has 0 atom stereocenters. The second-order valence-corrected chi connectivity index (χ2v) is 15.0. The Kier molecular flexibility index (Phi) is 6.45. The van der Waals surface area contributed by atoms with E-state index in [4.69, 9.17) is 19.5 Å². The molecule has 7 heteroatoms. The molecule has 5 aromatic rings. The lowest BCUT2D eigenvalue weighted by atomic mass is 9.35. The highest BCUT2D eigenvalue weighted by atomic mass is 16.5. The van der Waals surface area contributed by atoms with Crippen LogP contribution in [0, 0.1) is 0 Å². The van der Waals surface area contributed by atoms with Crippen LogP contribution in [-0.2, 0) is 0 Å². The summed E-state index contributed by atoms with van der Waals surface area (Å²) in [6, 6.07) is 37.0. The van der Waals surface area contributed by atoms with E-state index in [0.29, 0.717) is 0 Å². The average molecular weight is 643 g/mol. The van der Waals surface area contributed by atoms with Crippen molar-refractivity contribution < 1.29 is 9.47 Å². The molecule has 6 nitrogen and oxygen atoms in total. The molecule has 4 aliphatic heterocycles. The summed E-state index contributed by atoms with van der Waals surface area (Å²) in [7, 11) is 0. The van der Waals surface area contributed by atoms with Gasteiger partial charge in [-0.2, -0.15) is 0 Å². The minimum atomic E-state index is -0.0645. The Hall–Kier alpha value is -5.30. The lowest BCUT2D eigenvalue weighted by Gasteiger charge is -2.33. The Labute approximate surface area is 288 Å². The van der Waals surface area contributed by atoms with Crippen LogP contribution in [0.1, 0.15) is 41.5 Å². The van der Waals surface area contributed by atoms with Gasteiger partial charge < -0.3 is 19.3 Å². The van der Waals surface area contributed by atoms with Crippen molar-refractivity contribution in [3.05, 3.63) is 103 Å². The van der Waals surface area contributed by atoms with E-state index in [1.807, 2.05) is 6.07 Å². The van der Waals surface area contributed by atoms with Gasteiger partial charge >= 0.3 is 0 Å². The highest BCUT2D eigenvalue weighted by Crippen LogP contribution is 2.38. The number of benzene rings is 5. The highest BCUT2D eigenvalue weighted by Gasteiger charge is 2.40. The summed E-state index contributed by atoms with van der Waals surface area (Å²) >= 11 is 0. The number of ether oxygens (including phenoxy) is 2. The van der Waals surface area contributed by atoms with Crippen molar-refractivity contribution in [2.75, 3.05) is 22.9 Å². The molecule has 0 fully saturated rings. The zero-order valence-electron chi connectivity index (χ0n) is 28.9. The summed E-state index contributed by atoms with van der Waals surface area (Å²) in [5.41, 5.74) is 10.2. The van der Waals surface area contributed by atoms with Gasteiger partial charge in [-0.3, -0.25) is 9.98 Å². The van der Waals surface area contributed by atoms with Crippen LogP contribution in [0.5, 0.6) is 23.0 Å². The van der Waals surface area contributed by atoms with Crippen LogP contribution in [0.4, 0.5) is 11.4 Å². The third-order valence-corrected chi connectivity index (χ3v) is 10.2. The summed E-state index contributed by atoms with van der Waals surface area (Å²) in [6.45, 7) is 14.7. The van der Waals surface area contributed by atoms with E-state index in [-0.39, 0.29) is 17.8 Å². The second-order valence-electron chi connectivity index (χ2n) is 15.0. The van der Waals surface area contributed by atoms with E-state index in [1.54, 1.807) is 0 Å². The number of nitrogens with zero attached hydrogens (tertiary/aromatic N) is 4. The predicted octanol–water partition coefficient (Wildman–Crippen LogP) is 7.78. The van der Waals surface area contributed by atoms with Crippen molar-refractivity contribution >= 4 is 46.1 Å². The van der Waals surface area contributed by atoms with Crippen LogP contribution in [0.2, 0.25) is 0 Å². The molecule has 0 aromatic heterocycles. The zero-order valence-corrected chi connectivity index (χ0v) is 28.9. The molecule has 0 amide bonds. The summed E-state index contributed by atoms with van der Waals surface area (Å²) in [5, 5.41) is 0. The molecule has 4 heterocycles. The Morgan fingerprint density at radius 3 is 1.33 bits per heavy atom. The van der Waals surface area contributed by atoms with E-state index < -0.39 is 0 Å². The first-order valence-corrected chi connectivity index (χ1v) is 17.2. The highest BCUT2D eigenvalue weighted by molar-refractivity contribution is 6.98. The smallest absolute Gasteiger partial charge is 0.260 e. The standard InChI is InChI=1S/C42H39BN4O2/c1-26-44-41(3,4)24-46(26)32-16-10-28(11-17-32)30-14-20-34-38(22-30)48-36-8-7-9-37-40(36)43(34)35-21-15-31(23-39(35)49-37)29-12-18-33(19-13-29)47-25-42(5,6)45-27(47)2/h7-23H,24-25H2,1-6H3. The van der Waals surface area contributed by atoms with Gasteiger partial charge in [0.15, 0.2) is 0 Å². The molecule has 0 saturated heterocycles. The van der Waals surface area contributed by atoms with Crippen molar-refractivity contribution in [2.45, 2.75) is 52.6 Å². The number of hydrogen-bond donors (Lipinski definition) is 0.